The molecule has 0 N–H and O–H groups in total. The number of hydrogen-bond acceptors (Lipinski definition) is 5. The number of rotatable bonds is 6. The molecule has 35 heavy (non-hydrogen) atoms. The van der Waals surface area contributed by atoms with Crippen LogP contribution in [-0.2, 0) is 11.4 Å². The Kier molecular flexibility index (Phi) is 6.99. The van der Waals surface area contributed by atoms with Crippen LogP contribution in [0.5, 0.6) is 5.75 Å². The highest BCUT2D eigenvalue weighted by atomic mass is 16.5. The zero-order valence-corrected chi connectivity index (χ0v) is 20.4. The second kappa shape index (κ2) is 10.5. The monoisotopic (exact) mass is 475 g/mol. The lowest BCUT2D eigenvalue weighted by Crippen LogP contribution is -2.52. The molecule has 2 saturated heterocycles. The van der Waals surface area contributed by atoms with Crippen LogP contribution in [0.25, 0.3) is 5.65 Å². The Balaban J connectivity index is 1.10. The summed E-state index contributed by atoms with van der Waals surface area (Å²) in [5, 5.41) is 0. The first-order valence-corrected chi connectivity index (χ1v) is 12.5. The summed E-state index contributed by atoms with van der Waals surface area (Å²) in [5.74, 6) is 0.949. The molecule has 3 aromatic rings. The number of carbonyl (C=O) groups is 2. The molecule has 0 saturated carbocycles. The number of carbonyl (C=O) groups excluding carboxylic acids is 2. The number of benzene rings is 1. The number of piperidine rings is 1. The van der Waals surface area contributed by atoms with Crippen LogP contribution in [0.4, 0.5) is 0 Å². The number of fused-ring (bicyclic) bond motifs is 1. The number of aryl methyl sites for hydroxylation is 1. The quantitative estimate of drug-likeness (QED) is 0.548. The van der Waals surface area contributed by atoms with Crippen molar-refractivity contribution in [3.05, 3.63) is 65.6 Å². The summed E-state index contributed by atoms with van der Waals surface area (Å²) >= 11 is 0. The van der Waals surface area contributed by atoms with Gasteiger partial charge < -0.3 is 18.9 Å². The molecule has 0 atom stereocenters. The van der Waals surface area contributed by atoms with E-state index in [1.165, 1.54) is 6.42 Å². The first-order valence-electron chi connectivity index (χ1n) is 12.5. The number of hydrogen-bond donors (Lipinski definition) is 0. The largest absolute Gasteiger partial charge is 0.487 e. The van der Waals surface area contributed by atoms with E-state index < -0.39 is 0 Å². The van der Waals surface area contributed by atoms with Gasteiger partial charge in [0.25, 0.3) is 5.91 Å². The van der Waals surface area contributed by atoms with E-state index in [-0.39, 0.29) is 11.8 Å². The van der Waals surface area contributed by atoms with Crippen molar-refractivity contribution >= 4 is 17.5 Å². The van der Waals surface area contributed by atoms with Crippen LogP contribution in [-0.4, -0.2) is 81.7 Å². The Bertz CT molecular complexity index is 1180. The Morgan fingerprint density at radius 1 is 0.914 bits per heavy atom. The first-order chi connectivity index (χ1) is 17.1. The van der Waals surface area contributed by atoms with Gasteiger partial charge >= 0.3 is 0 Å². The maximum Gasteiger partial charge on any atom is 0.253 e. The molecule has 2 aliphatic heterocycles. The van der Waals surface area contributed by atoms with Gasteiger partial charge in [-0.25, -0.2) is 4.98 Å². The Hall–Kier alpha value is -3.39. The van der Waals surface area contributed by atoms with E-state index >= 15 is 0 Å². The average Bonchev–Trinajstić information content (AvgIpc) is 3.33. The van der Waals surface area contributed by atoms with Crippen molar-refractivity contribution in [2.75, 3.05) is 45.8 Å². The van der Waals surface area contributed by atoms with Crippen LogP contribution < -0.4 is 4.74 Å². The molecular weight excluding hydrogens is 442 g/mol. The molecular formula is C27H33N5O3. The molecule has 8 nitrogen and oxygen atoms in total. The van der Waals surface area contributed by atoms with Crippen LogP contribution >= 0.6 is 0 Å². The summed E-state index contributed by atoms with van der Waals surface area (Å²) in [6.45, 7) is 7.36. The molecule has 1 aromatic carbocycles. The molecule has 0 unspecified atom stereocenters. The highest BCUT2D eigenvalue weighted by molar-refractivity contribution is 5.94. The molecule has 2 amide bonds. The highest BCUT2D eigenvalue weighted by Crippen LogP contribution is 2.18. The van der Waals surface area contributed by atoms with Crippen LogP contribution in [0, 0.1) is 6.92 Å². The average molecular weight is 476 g/mol. The van der Waals surface area contributed by atoms with Gasteiger partial charge in [-0.3, -0.25) is 14.5 Å². The van der Waals surface area contributed by atoms with Crippen molar-refractivity contribution < 1.29 is 14.3 Å². The van der Waals surface area contributed by atoms with Crippen molar-refractivity contribution in [1.82, 2.24) is 24.1 Å². The second-order valence-corrected chi connectivity index (χ2v) is 9.48. The van der Waals surface area contributed by atoms with Crippen molar-refractivity contribution in [1.29, 1.82) is 0 Å². The van der Waals surface area contributed by atoms with E-state index in [1.807, 2.05) is 69.9 Å². The molecule has 8 heteroatoms. The molecule has 5 rings (SSSR count). The maximum atomic E-state index is 13.0. The van der Waals surface area contributed by atoms with Crippen molar-refractivity contribution in [2.45, 2.75) is 32.8 Å². The predicted octanol–water partition coefficient (Wildman–Crippen LogP) is 2.99. The van der Waals surface area contributed by atoms with Crippen LogP contribution in [0.3, 0.4) is 0 Å². The highest BCUT2D eigenvalue weighted by Gasteiger charge is 2.25. The topological polar surface area (TPSA) is 70.4 Å². The van der Waals surface area contributed by atoms with Crippen molar-refractivity contribution in [3.63, 3.8) is 0 Å². The summed E-state index contributed by atoms with van der Waals surface area (Å²) in [6.07, 6.45) is 7.39. The van der Waals surface area contributed by atoms with Gasteiger partial charge in [0.05, 0.1) is 12.2 Å². The minimum Gasteiger partial charge on any atom is -0.487 e. The van der Waals surface area contributed by atoms with Gasteiger partial charge in [-0.2, -0.15) is 0 Å². The Labute approximate surface area is 206 Å². The third-order valence-corrected chi connectivity index (χ3v) is 6.94. The van der Waals surface area contributed by atoms with E-state index in [2.05, 4.69) is 9.88 Å². The van der Waals surface area contributed by atoms with Gasteiger partial charge in [0, 0.05) is 57.2 Å². The fourth-order valence-electron chi connectivity index (χ4n) is 4.85. The summed E-state index contributed by atoms with van der Waals surface area (Å²) in [4.78, 5) is 36.2. The standard InChI is InChI=1S/C27H33N5O3/c1-21-6-5-13-32-18-23(28-26(21)32)20-35-24-9-7-22(8-10-24)27(34)31-16-14-29(15-17-31)19-25(33)30-11-3-2-4-12-30/h5-10,13,18H,2-4,11-12,14-17,19-20H2,1H3. The van der Waals surface area contributed by atoms with Crippen molar-refractivity contribution in [2.24, 2.45) is 0 Å². The minimum atomic E-state index is 0.0226. The van der Waals surface area contributed by atoms with Crippen LogP contribution in [0.1, 0.15) is 40.9 Å². The zero-order chi connectivity index (χ0) is 24.2. The van der Waals surface area contributed by atoms with Crippen LogP contribution in [0.15, 0.2) is 48.8 Å². The zero-order valence-electron chi connectivity index (χ0n) is 20.4. The van der Waals surface area contributed by atoms with Gasteiger partial charge in [-0.05, 0) is 62.1 Å². The molecule has 2 aromatic heterocycles. The van der Waals surface area contributed by atoms with E-state index in [0.29, 0.717) is 37.6 Å². The molecule has 4 heterocycles. The summed E-state index contributed by atoms with van der Waals surface area (Å²) in [5.41, 5.74) is 3.56. The minimum absolute atomic E-state index is 0.0226. The first kappa shape index (κ1) is 23.4. The van der Waals surface area contributed by atoms with E-state index in [1.54, 1.807) is 0 Å². The van der Waals surface area contributed by atoms with Gasteiger partial charge in [0.1, 0.15) is 18.0 Å². The SMILES string of the molecule is Cc1cccn2cc(COc3ccc(C(=O)N4CCN(CC(=O)N5CCCCC5)CC4)cc3)nc12. The number of pyridine rings is 1. The fraction of sp³-hybridized carbons (Fsp3) is 0.444. The number of likely N-dealkylation sites (tertiary alicyclic amines) is 1. The second-order valence-electron chi connectivity index (χ2n) is 9.48. The number of ether oxygens (including phenoxy) is 1. The predicted molar refractivity (Wildman–Crippen MR) is 133 cm³/mol. The third kappa shape index (κ3) is 5.48. The van der Waals surface area contributed by atoms with Crippen molar-refractivity contribution in [3.8, 4) is 5.75 Å². The smallest absolute Gasteiger partial charge is 0.253 e. The third-order valence-electron chi connectivity index (χ3n) is 6.94. The van der Waals surface area contributed by atoms with Crippen LogP contribution in [0.2, 0.25) is 0 Å². The van der Waals surface area contributed by atoms with E-state index in [4.69, 9.17) is 4.74 Å². The molecule has 0 radical (unpaired) electrons. The van der Waals surface area contributed by atoms with E-state index in [9.17, 15) is 9.59 Å². The van der Waals surface area contributed by atoms with Gasteiger partial charge in [0.2, 0.25) is 5.91 Å². The van der Waals surface area contributed by atoms with Gasteiger partial charge in [0.15, 0.2) is 0 Å². The lowest BCUT2D eigenvalue weighted by Gasteiger charge is -2.36. The van der Waals surface area contributed by atoms with Gasteiger partial charge in [-0.1, -0.05) is 6.07 Å². The molecule has 2 fully saturated rings. The molecule has 184 valence electrons. The van der Waals surface area contributed by atoms with E-state index in [0.717, 1.165) is 55.9 Å². The number of imidazole rings is 1. The number of piperazine rings is 1. The molecule has 0 bridgehead atoms. The number of aromatic nitrogens is 2. The summed E-state index contributed by atoms with van der Waals surface area (Å²) in [7, 11) is 0. The lowest BCUT2D eigenvalue weighted by molar-refractivity contribution is -0.133. The number of amides is 2. The maximum absolute atomic E-state index is 13.0. The molecule has 0 spiro atoms. The molecule has 0 aliphatic carbocycles. The summed E-state index contributed by atoms with van der Waals surface area (Å²) < 4.78 is 7.90. The molecule has 2 aliphatic rings. The lowest BCUT2D eigenvalue weighted by atomic mass is 10.1. The normalized spacial score (nSPS) is 17.1. The fourth-order valence-corrected chi connectivity index (χ4v) is 4.85. The Morgan fingerprint density at radius 2 is 1.66 bits per heavy atom. The Morgan fingerprint density at radius 3 is 2.37 bits per heavy atom. The number of nitrogens with zero attached hydrogens (tertiary/aromatic N) is 5. The summed E-state index contributed by atoms with van der Waals surface area (Å²) in [6, 6.07) is 11.3. The van der Waals surface area contributed by atoms with Gasteiger partial charge in [-0.15, -0.1) is 0 Å².